The lowest BCUT2D eigenvalue weighted by atomic mass is 10.1. The number of allylic oxidation sites excluding steroid dienone is 1. The van der Waals surface area contributed by atoms with Crippen LogP contribution in [-0.2, 0) is 0 Å². The van der Waals surface area contributed by atoms with Gasteiger partial charge in [0.25, 0.3) is 5.24 Å². The summed E-state index contributed by atoms with van der Waals surface area (Å²) >= 11 is 5.33. The van der Waals surface area contributed by atoms with E-state index < -0.39 is 5.24 Å². The maximum absolute atomic E-state index is 11.0. The molecule has 7 heteroatoms. The van der Waals surface area contributed by atoms with E-state index in [1.807, 2.05) is 6.07 Å². The summed E-state index contributed by atoms with van der Waals surface area (Å²) in [7, 11) is 0. The first-order valence-electron chi connectivity index (χ1n) is 6.42. The number of rotatable bonds is 5. The second-order valence-electron chi connectivity index (χ2n) is 4.43. The number of hydrogen-bond donors (Lipinski definition) is 3. The number of hydrogen-bond acceptors (Lipinski definition) is 6. The Kier molecular flexibility index (Phi) is 5.07. The summed E-state index contributed by atoms with van der Waals surface area (Å²) in [5, 5.41) is 28.4. The second-order valence-corrected chi connectivity index (χ2v) is 4.77. The summed E-state index contributed by atoms with van der Waals surface area (Å²) in [5.41, 5.74) is 1.51. The number of aliphatic hydroxyl groups excluding tert-OH is 1. The quantitative estimate of drug-likeness (QED) is 0.443. The number of aliphatic hydroxyl groups is 1. The smallest absolute Gasteiger partial charge is 0.253 e. The van der Waals surface area contributed by atoms with Gasteiger partial charge in [-0.3, -0.25) is 4.79 Å². The number of nitrogens with one attached hydrogen (secondary N) is 2. The Morgan fingerprint density at radius 3 is 2.39 bits per heavy atom. The van der Waals surface area contributed by atoms with Gasteiger partial charge in [0, 0.05) is 12.4 Å². The van der Waals surface area contributed by atoms with Crippen LogP contribution in [0, 0.1) is 16.7 Å². The van der Waals surface area contributed by atoms with E-state index >= 15 is 0 Å². The molecule has 2 rings (SSSR count). The summed E-state index contributed by atoms with van der Waals surface area (Å²) in [6, 6.07) is 11.4. The molecule has 6 nitrogen and oxygen atoms in total. The minimum Gasteiger partial charge on any atom is -0.494 e. The van der Waals surface area contributed by atoms with Gasteiger partial charge < -0.3 is 15.8 Å². The molecular formula is C16H11ClN4O2. The topological polar surface area (TPSA) is 110 Å². The van der Waals surface area contributed by atoms with Crippen LogP contribution in [0.25, 0.3) is 5.57 Å². The summed E-state index contributed by atoms with van der Waals surface area (Å²) in [5.74, 6) is 0.0133. The predicted molar refractivity (Wildman–Crippen MR) is 87.5 cm³/mol. The van der Waals surface area contributed by atoms with Crippen LogP contribution < -0.4 is 5.32 Å². The SMILES string of the molecule is N#Cc1ccc(/C(C=N)=C(\O)Nc2ccc(C(=O)Cl)cn2)cc1. The fraction of sp³-hybridized carbons (Fsp3) is 0. The van der Waals surface area contributed by atoms with Gasteiger partial charge in [-0.1, -0.05) is 12.1 Å². The molecule has 0 atom stereocenters. The van der Waals surface area contributed by atoms with Gasteiger partial charge in [0.1, 0.15) is 5.82 Å². The summed E-state index contributed by atoms with van der Waals surface area (Å²) < 4.78 is 0. The van der Waals surface area contributed by atoms with Crippen LogP contribution in [-0.4, -0.2) is 21.5 Å². The zero-order valence-corrected chi connectivity index (χ0v) is 12.5. The minimum atomic E-state index is -0.624. The molecule has 114 valence electrons. The van der Waals surface area contributed by atoms with Crippen LogP contribution in [0.15, 0.2) is 48.5 Å². The molecule has 0 fully saturated rings. The van der Waals surface area contributed by atoms with Crippen LogP contribution in [0.3, 0.4) is 0 Å². The zero-order valence-electron chi connectivity index (χ0n) is 11.7. The summed E-state index contributed by atoms with van der Waals surface area (Å²) in [4.78, 5) is 14.9. The molecule has 3 N–H and O–H groups in total. The van der Waals surface area contributed by atoms with Gasteiger partial charge >= 0.3 is 0 Å². The molecule has 0 aliphatic heterocycles. The molecule has 1 aromatic heterocycles. The van der Waals surface area contributed by atoms with Crippen molar-refractivity contribution >= 4 is 34.4 Å². The first kappa shape index (κ1) is 16.2. The molecule has 0 aliphatic carbocycles. The van der Waals surface area contributed by atoms with Gasteiger partial charge in [-0.2, -0.15) is 5.26 Å². The Hall–Kier alpha value is -3.17. The fourth-order valence-electron chi connectivity index (χ4n) is 1.79. The molecule has 1 heterocycles. The van der Waals surface area contributed by atoms with E-state index in [2.05, 4.69) is 10.3 Å². The van der Waals surface area contributed by atoms with Gasteiger partial charge in [0.15, 0.2) is 5.88 Å². The molecule has 0 bridgehead atoms. The van der Waals surface area contributed by atoms with Crippen LogP contribution >= 0.6 is 11.6 Å². The van der Waals surface area contributed by atoms with Gasteiger partial charge in [-0.25, -0.2) is 4.98 Å². The fourth-order valence-corrected chi connectivity index (χ4v) is 1.90. The van der Waals surface area contributed by atoms with E-state index in [0.717, 1.165) is 6.21 Å². The molecule has 0 saturated heterocycles. The van der Waals surface area contributed by atoms with Gasteiger partial charge in [0.05, 0.1) is 22.8 Å². The highest BCUT2D eigenvalue weighted by atomic mass is 35.5. The highest BCUT2D eigenvalue weighted by Gasteiger charge is 2.08. The molecular weight excluding hydrogens is 316 g/mol. The number of pyridine rings is 1. The van der Waals surface area contributed by atoms with Crippen LogP contribution in [0.4, 0.5) is 5.82 Å². The number of benzene rings is 1. The average Bonchev–Trinajstić information content (AvgIpc) is 2.56. The minimum absolute atomic E-state index is 0.230. The Labute approximate surface area is 137 Å². The van der Waals surface area contributed by atoms with E-state index in [-0.39, 0.29) is 22.8 Å². The zero-order chi connectivity index (χ0) is 16.8. The van der Waals surface area contributed by atoms with Crippen molar-refractivity contribution in [2.75, 3.05) is 5.32 Å². The van der Waals surface area contributed by atoms with Gasteiger partial charge in [-0.15, -0.1) is 0 Å². The highest BCUT2D eigenvalue weighted by molar-refractivity contribution is 6.67. The maximum atomic E-state index is 11.0. The third kappa shape index (κ3) is 3.93. The highest BCUT2D eigenvalue weighted by Crippen LogP contribution is 2.18. The Morgan fingerprint density at radius 2 is 1.91 bits per heavy atom. The first-order chi connectivity index (χ1) is 11.0. The molecule has 2 aromatic rings. The van der Waals surface area contributed by atoms with Crippen molar-refractivity contribution in [3.8, 4) is 6.07 Å². The summed E-state index contributed by atoms with van der Waals surface area (Å²) in [6.45, 7) is 0. The first-order valence-corrected chi connectivity index (χ1v) is 6.80. The van der Waals surface area contributed by atoms with Crippen molar-refractivity contribution < 1.29 is 9.90 Å². The largest absolute Gasteiger partial charge is 0.494 e. The molecule has 0 amide bonds. The Morgan fingerprint density at radius 1 is 1.26 bits per heavy atom. The number of halogens is 1. The van der Waals surface area contributed by atoms with Crippen LogP contribution in [0.1, 0.15) is 21.5 Å². The van der Waals surface area contributed by atoms with E-state index in [0.29, 0.717) is 11.1 Å². The van der Waals surface area contributed by atoms with Crippen molar-refractivity contribution in [2.45, 2.75) is 0 Å². The van der Waals surface area contributed by atoms with Gasteiger partial charge in [0.2, 0.25) is 0 Å². The molecule has 0 unspecified atom stereocenters. The number of nitriles is 1. The molecule has 0 spiro atoms. The number of aromatic nitrogens is 1. The van der Waals surface area contributed by atoms with Crippen LogP contribution in [0.5, 0.6) is 0 Å². The lowest BCUT2D eigenvalue weighted by Gasteiger charge is -2.09. The monoisotopic (exact) mass is 326 g/mol. The third-order valence-electron chi connectivity index (χ3n) is 2.96. The second kappa shape index (κ2) is 7.20. The van der Waals surface area contributed by atoms with Gasteiger partial charge in [-0.05, 0) is 41.4 Å². The molecule has 1 aromatic carbocycles. The van der Waals surface area contributed by atoms with Crippen molar-refractivity contribution in [3.05, 3.63) is 65.2 Å². The van der Waals surface area contributed by atoms with Crippen molar-refractivity contribution in [1.29, 1.82) is 10.7 Å². The standard InChI is InChI=1S/C16H11ClN4O2/c17-15(22)12-5-6-14(20-9-12)21-16(23)13(8-19)11-3-1-10(7-18)2-4-11/h1-6,8-9,19,23H,(H,20,21)/b16-13-,19-8?. The molecule has 0 saturated carbocycles. The normalized spacial score (nSPS) is 11.1. The average molecular weight is 327 g/mol. The van der Waals surface area contributed by atoms with E-state index in [4.69, 9.17) is 22.3 Å². The van der Waals surface area contributed by atoms with Crippen molar-refractivity contribution in [1.82, 2.24) is 4.98 Å². The number of nitrogens with zero attached hydrogens (tertiary/aromatic N) is 2. The summed E-state index contributed by atoms with van der Waals surface area (Å²) in [6.07, 6.45) is 2.26. The maximum Gasteiger partial charge on any atom is 0.253 e. The van der Waals surface area contributed by atoms with E-state index in [1.165, 1.54) is 18.3 Å². The Bertz CT molecular complexity index is 805. The number of carbonyl (C=O) groups excluding carboxylic acids is 1. The van der Waals surface area contributed by atoms with Crippen molar-refractivity contribution in [3.63, 3.8) is 0 Å². The Balaban J connectivity index is 2.27. The molecule has 0 radical (unpaired) electrons. The predicted octanol–water partition coefficient (Wildman–Crippen LogP) is 3.32. The van der Waals surface area contributed by atoms with Crippen molar-refractivity contribution in [2.24, 2.45) is 0 Å². The molecule has 0 aliphatic rings. The number of anilines is 1. The third-order valence-corrected chi connectivity index (χ3v) is 3.18. The van der Waals surface area contributed by atoms with E-state index in [1.54, 1.807) is 24.3 Å². The van der Waals surface area contributed by atoms with E-state index in [9.17, 15) is 9.90 Å². The molecule has 23 heavy (non-hydrogen) atoms. The lowest BCUT2D eigenvalue weighted by molar-refractivity contribution is 0.108. The lowest BCUT2D eigenvalue weighted by Crippen LogP contribution is -2.05. The number of carbonyl (C=O) groups is 1. The van der Waals surface area contributed by atoms with Crippen LogP contribution in [0.2, 0.25) is 0 Å².